The first-order valence-electron chi connectivity index (χ1n) is 5.47. The fourth-order valence-corrected chi connectivity index (χ4v) is 1.94. The van der Waals surface area contributed by atoms with Crippen molar-refractivity contribution in [1.82, 2.24) is 4.98 Å². The van der Waals surface area contributed by atoms with E-state index in [1.165, 1.54) is 6.26 Å². The third-order valence-electron chi connectivity index (χ3n) is 2.29. The Labute approximate surface area is 115 Å². The summed E-state index contributed by atoms with van der Waals surface area (Å²) >= 11 is 0. The molecule has 1 heterocycles. The number of rotatable bonds is 6. The summed E-state index contributed by atoms with van der Waals surface area (Å²) in [6.07, 6.45) is -2.18. The second-order valence-corrected chi connectivity index (χ2v) is 5.45. The monoisotopic (exact) mass is 311 g/mol. The van der Waals surface area contributed by atoms with Crippen LogP contribution in [0.25, 0.3) is 0 Å². The van der Waals surface area contributed by atoms with Gasteiger partial charge in [0, 0.05) is 29.4 Å². The first-order valence-corrected chi connectivity index (χ1v) is 7.20. The summed E-state index contributed by atoms with van der Waals surface area (Å²) in [5.41, 5.74) is -1.99. The van der Waals surface area contributed by atoms with Crippen molar-refractivity contribution < 1.29 is 22.3 Å². The van der Waals surface area contributed by atoms with Crippen molar-refractivity contribution in [2.24, 2.45) is 0 Å². The van der Waals surface area contributed by atoms with Gasteiger partial charge in [-0.05, 0) is 12.5 Å². The van der Waals surface area contributed by atoms with E-state index in [2.05, 4.69) is 10.3 Å². The van der Waals surface area contributed by atoms with Crippen LogP contribution in [0, 0.1) is 10.1 Å². The molecule has 0 aliphatic rings. The van der Waals surface area contributed by atoms with Crippen LogP contribution in [0.15, 0.2) is 12.3 Å². The third-order valence-corrected chi connectivity index (χ3v) is 3.16. The number of halogens is 3. The summed E-state index contributed by atoms with van der Waals surface area (Å²) in [5, 5.41) is 13.3. The van der Waals surface area contributed by atoms with Gasteiger partial charge in [0.2, 0.25) is 0 Å². The number of alkyl halides is 3. The summed E-state index contributed by atoms with van der Waals surface area (Å²) in [6.45, 7) is 0.182. The summed E-state index contributed by atoms with van der Waals surface area (Å²) in [7, 11) is -1.02. The molecule has 1 aromatic rings. The quantitative estimate of drug-likeness (QED) is 0.494. The van der Waals surface area contributed by atoms with Gasteiger partial charge in [-0.1, -0.05) is 0 Å². The first-order chi connectivity index (χ1) is 9.21. The maximum absolute atomic E-state index is 12.5. The van der Waals surface area contributed by atoms with E-state index in [-0.39, 0.29) is 12.2 Å². The van der Waals surface area contributed by atoms with Crippen molar-refractivity contribution in [3.63, 3.8) is 0 Å². The summed E-state index contributed by atoms with van der Waals surface area (Å²) in [4.78, 5) is 12.9. The molecule has 0 aliphatic carbocycles. The molecule has 0 radical (unpaired) electrons. The number of aromatic nitrogens is 1. The lowest BCUT2D eigenvalue weighted by molar-refractivity contribution is -0.384. The number of nitrogens with zero attached hydrogens (tertiary/aromatic N) is 2. The Bertz CT molecular complexity index is 522. The molecule has 6 nitrogen and oxygen atoms in total. The van der Waals surface area contributed by atoms with Gasteiger partial charge in [-0.15, -0.1) is 0 Å². The van der Waals surface area contributed by atoms with E-state index in [9.17, 15) is 27.5 Å². The van der Waals surface area contributed by atoms with Gasteiger partial charge in [-0.2, -0.15) is 13.2 Å². The lowest BCUT2D eigenvalue weighted by atomic mass is 10.2. The van der Waals surface area contributed by atoms with E-state index in [0.29, 0.717) is 24.4 Å². The average Bonchev–Trinajstić information content (AvgIpc) is 2.32. The van der Waals surface area contributed by atoms with Crippen LogP contribution in [0.3, 0.4) is 0 Å². The third kappa shape index (κ3) is 4.76. The van der Waals surface area contributed by atoms with Crippen LogP contribution in [-0.4, -0.2) is 32.7 Å². The lowest BCUT2D eigenvalue weighted by Gasteiger charge is -2.10. The summed E-state index contributed by atoms with van der Waals surface area (Å²) in [5.74, 6) is 0.359. The molecule has 1 atom stereocenters. The Balaban J connectivity index is 2.89. The average molecular weight is 311 g/mol. The van der Waals surface area contributed by atoms with Crippen LogP contribution in [0.1, 0.15) is 12.1 Å². The van der Waals surface area contributed by atoms with Crippen LogP contribution in [0.4, 0.5) is 24.5 Å². The zero-order chi connectivity index (χ0) is 15.3. The molecule has 1 aromatic heterocycles. The van der Waals surface area contributed by atoms with Crippen molar-refractivity contribution >= 4 is 22.2 Å². The minimum atomic E-state index is -4.67. The molecule has 1 rings (SSSR count). The molecule has 0 saturated carbocycles. The zero-order valence-electron chi connectivity index (χ0n) is 10.4. The van der Waals surface area contributed by atoms with Crippen LogP contribution in [-0.2, 0) is 17.0 Å². The minimum Gasteiger partial charge on any atom is -0.379 e. The Morgan fingerprint density at radius 3 is 2.65 bits per heavy atom. The minimum absolute atomic E-state index is 0.182. The van der Waals surface area contributed by atoms with Crippen molar-refractivity contribution in [1.29, 1.82) is 0 Å². The Morgan fingerprint density at radius 2 is 2.15 bits per heavy atom. The van der Waals surface area contributed by atoms with E-state index >= 15 is 0 Å². The molecule has 0 aliphatic heterocycles. The molecule has 1 N–H and O–H groups in total. The molecule has 0 bridgehead atoms. The predicted octanol–water partition coefficient (Wildman–Crippen LogP) is 2.19. The van der Waals surface area contributed by atoms with E-state index in [1.54, 1.807) is 0 Å². The molecule has 0 amide bonds. The van der Waals surface area contributed by atoms with Gasteiger partial charge in [0.15, 0.2) is 0 Å². The number of pyridine rings is 1. The molecule has 20 heavy (non-hydrogen) atoms. The normalized spacial score (nSPS) is 13.0. The van der Waals surface area contributed by atoms with Crippen molar-refractivity contribution in [3.05, 3.63) is 28.1 Å². The maximum atomic E-state index is 12.5. The highest BCUT2D eigenvalue weighted by atomic mass is 32.2. The highest BCUT2D eigenvalue weighted by Gasteiger charge is 2.34. The van der Waals surface area contributed by atoms with Crippen molar-refractivity contribution in [2.75, 3.05) is 23.9 Å². The van der Waals surface area contributed by atoms with Crippen LogP contribution < -0.4 is 5.32 Å². The van der Waals surface area contributed by atoms with E-state index in [4.69, 9.17) is 0 Å². The fraction of sp³-hybridized carbons (Fsp3) is 0.500. The number of hydrogen-bond acceptors (Lipinski definition) is 5. The molecule has 0 spiro atoms. The zero-order valence-corrected chi connectivity index (χ0v) is 11.3. The van der Waals surface area contributed by atoms with Gasteiger partial charge < -0.3 is 5.32 Å². The topological polar surface area (TPSA) is 85.1 Å². The van der Waals surface area contributed by atoms with Crippen molar-refractivity contribution in [2.45, 2.75) is 12.6 Å². The van der Waals surface area contributed by atoms with Crippen molar-refractivity contribution in [3.8, 4) is 0 Å². The molecule has 0 saturated heterocycles. The fourth-order valence-electron chi connectivity index (χ4n) is 1.39. The van der Waals surface area contributed by atoms with E-state index in [1.807, 2.05) is 0 Å². The smallest absolute Gasteiger partial charge is 0.379 e. The summed E-state index contributed by atoms with van der Waals surface area (Å²) < 4.78 is 48.3. The van der Waals surface area contributed by atoms with Gasteiger partial charge in [-0.3, -0.25) is 14.3 Å². The molecule has 112 valence electrons. The predicted molar refractivity (Wildman–Crippen MR) is 67.9 cm³/mol. The first kappa shape index (κ1) is 16.3. The highest BCUT2D eigenvalue weighted by Crippen LogP contribution is 2.32. The molecular weight excluding hydrogens is 299 g/mol. The number of hydrogen-bond donors (Lipinski definition) is 1. The van der Waals surface area contributed by atoms with Gasteiger partial charge in [0.1, 0.15) is 17.6 Å². The number of anilines is 1. The van der Waals surface area contributed by atoms with Crippen LogP contribution in [0.5, 0.6) is 0 Å². The van der Waals surface area contributed by atoms with Crippen LogP contribution in [0.2, 0.25) is 0 Å². The Kier molecular flexibility index (Phi) is 5.43. The second-order valence-electron chi connectivity index (χ2n) is 3.90. The molecular formula is C10H12F3N3O3S. The standard InChI is InChI=1S/C10H12F3N3O3S/c1-20(19)4-2-3-14-7-5-9(10(11,12)13)15-6-8(7)16(17)18/h5-6H,2-4H2,1H3,(H,14,15). The SMILES string of the molecule is CS(=O)CCCNc1cc(C(F)(F)F)ncc1[N+](=O)[O-]. The van der Waals surface area contributed by atoms with Crippen LogP contribution >= 0.6 is 0 Å². The second kappa shape index (κ2) is 6.64. The molecule has 0 fully saturated rings. The number of nitro groups is 1. The maximum Gasteiger partial charge on any atom is 0.433 e. The van der Waals surface area contributed by atoms with E-state index in [0.717, 1.165) is 0 Å². The highest BCUT2D eigenvalue weighted by molar-refractivity contribution is 7.84. The Hall–Kier alpha value is -1.71. The lowest BCUT2D eigenvalue weighted by Crippen LogP contribution is -2.12. The molecule has 10 heteroatoms. The van der Waals surface area contributed by atoms with E-state index < -0.39 is 33.3 Å². The van der Waals surface area contributed by atoms with Gasteiger partial charge in [0.05, 0.1) is 4.92 Å². The number of nitrogens with one attached hydrogen (secondary N) is 1. The van der Waals surface area contributed by atoms with Gasteiger partial charge in [-0.25, -0.2) is 4.98 Å². The molecule has 1 unspecified atom stereocenters. The largest absolute Gasteiger partial charge is 0.433 e. The molecule has 0 aromatic carbocycles. The van der Waals surface area contributed by atoms with Gasteiger partial charge >= 0.3 is 11.9 Å². The Morgan fingerprint density at radius 1 is 1.50 bits per heavy atom. The summed E-state index contributed by atoms with van der Waals surface area (Å²) in [6, 6.07) is 0.598. The van der Waals surface area contributed by atoms with Gasteiger partial charge in [0.25, 0.3) is 0 Å².